The average Bonchev–Trinajstić information content (AvgIpc) is 2.43. The van der Waals surface area contributed by atoms with Crippen molar-refractivity contribution in [2.75, 3.05) is 11.6 Å². The summed E-state index contributed by atoms with van der Waals surface area (Å²) in [4.78, 5) is 3.24. The number of hydrogen-bond acceptors (Lipinski definition) is 1. The normalized spacial score (nSPS) is 10.8. The number of nitrogens with one attached hydrogen (secondary N) is 2. The Kier molecular flexibility index (Phi) is 7.32. The Morgan fingerprint density at radius 1 is 1.20 bits per heavy atom. The maximum absolute atomic E-state index is 13.1. The number of amidine groups is 1. The third-order valence-corrected chi connectivity index (χ3v) is 3.32. The van der Waals surface area contributed by atoms with Crippen LogP contribution in [0.15, 0.2) is 48.5 Å². The van der Waals surface area contributed by atoms with E-state index in [1.807, 2.05) is 36.6 Å². The SMILES string of the molecule is CSC(Nc1ccc(F)c(Cl)c1)=[NH+]c1ccccc1.[I-]. The van der Waals surface area contributed by atoms with Gasteiger partial charge >= 0.3 is 5.17 Å². The molecule has 2 N–H and O–H groups in total. The second-order valence-corrected chi connectivity index (χ2v) is 5.00. The van der Waals surface area contributed by atoms with Crippen molar-refractivity contribution in [3.05, 3.63) is 59.4 Å². The molecule has 0 amide bonds. The van der Waals surface area contributed by atoms with Crippen LogP contribution in [-0.2, 0) is 0 Å². The van der Waals surface area contributed by atoms with Crippen LogP contribution < -0.4 is 34.3 Å². The summed E-state index contributed by atoms with van der Waals surface area (Å²) in [6, 6.07) is 14.3. The minimum Gasteiger partial charge on any atom is -1.00 e. The summed E-state index contributed by atoms with van der Waals surface area (Å²) in [7, 11) is 0. The predicted molar refractivity (Wildman–Crippen MR) is 80.6 cm³/mol. The Balaban J connectivity index is 0.00000200. The van der Waals surface area contributed by atoms with E-state index in [0.29, 0.717) is 0 Å². The number of para-hydroxylation sites is 1. The zero-order valence-corrected chi connectivity index (χ0v) is 14.4. The van der Waals surface area contributed by atoms with Crippen molar-refractivity contribution in [1.29, 1.82) is 0 Å². The van der Waals surface area contributed by atoms with Crippen molar-refractivity contribution in [2.24, 2.45) is 0 Å². The molecule has 0 heterocycles. The highest BCUT2D eigenvalue weighted by molar-refractivity contribution is 8.13. The minimum atomic E-state index is -0.422. The van der Waals surface area contributed by atoms with Gasteiger partial charge in [0, 0.05) is 6.07 Å². The van der Waals surface area contributed by atoms with E-state index >= 15 is 0 Å². The summed E-state index contributed by atoms with van der Waals surface area (Å²) < 4.78 is 13.1. The number of anilines is 1. The number of halogens is 3. The van der Waals surface area contributed by atoms with Crippen LogP contribution in [0.3, 0.4) is 0 Å². The van der Waals surface area contributed by atoms with Crippen molar-refractivity contribution in [3.63, 3.8) is 0 Å². The maximum Gasteiger partial charge on any atom is 0.313 e. The third-order valence-electron chi connectivity index (χ3n) is 2.41. The molecule has 2 rings (SSSR count). The molecule has 0 spiro atoms. The Bertz CT molecular complexity index is 593. The number of hydrogen-bond donors (Lipinski definition) is 2. The summed E-state index contributed by atoms with van der Waals surface area (Å²) in [5.74, 6) is -0.422. The summed E-state index contributed by atoms with van der Waals surface area (Å²) in [5, 5.41) is 4.11. The lowest BCUT2D eigenvalue weighted by Crippen LogP contribution is -3.00. The molecule has 6 heteroatoms. The first-order valence-corrected chi connectivity index (χ1v) is 7.24. The molecular weight excluding hydrogens is 410 g/mol. The van der Waals surface area contributed by atoms with Crippen molar-refractivity contribution in [1.82, 2.24) is 0 Å². The van der Waals surface area contributed by atoms with Crippen molar-refractivity contribution >= 4 is 39.9 Å². The quantitative estimate of drug-likeness (QED) is 0.406. The third kappa shape index (κ3) is 4.96. The predicted octanol–water partition coefficient (Wildman–Crippen LogP) is 0.0263. The van der Waals surface area contributed by atoms with Gasteiger partial charge in [-0.05, 0) is 42.3 Å². The lowest BCUT2D eigenvalue weighted by atomic mass is 10.3. The van der Waals surface area contributed by atoms with Gasteiger partial charge in [0.25, 0.3) is 0 Å². The van der Waals surface area contributed by atoms with Gasteiger partial charge < -0.3 is 24.0 Å². The van der Waals surface area contributed by atoms with E-state index in [1.54, 1.807) is 12.1 Å². The van der Waals surface area contributed by atoms with Gasteiger partial charge in [-0.3, -0.25) is 0 Å². The molecule has 0 aliphatic carbocycles. The van der Waals surface area contributed by atoms with Gasteiger partial charge in [-0.15, -0.1) is 0 Å². The molecule has 2 aromatic carbocycles. The van der Waals surface area contributed by atoms with Gasteiger partial charge in [0.05, 0.1) is 5.02 Å². The minimum absolute atomic E-state index is 0. The van der Waals surface area contributed by atoms with Crippen LogP contribution in [0.4, 0.5) is 15.8 Å². The molecule has 20 heavy (non-hydrogen) atoms. The van der Waals surface area contributed by atoms with Crippen molar-refractivity contribution in [2.45, 2.75) is 0 Å². The molecule has 0 radical (unpaired) electrons. The molecule has 0 bridgehead atoms. The summed E-state index contributed by atoms with van der Waals surface area (Å²) in [6.07, 6.45) is 1.95. The molecule has 2 aromatic rings. The van der Waals surface area contributed by atoms with Crippen LogP contribution in [0.5, 0.6) is 0 Å². The highest BCUT2D eigenvalue weighted by Crippen LogP contribution is 2.19. The number of benzene rings is 2. The average molecular weight is 423 g/mol. The largest absolute Gasteiger partial charge is 1.00 e. The van der Waals surface area contributed by atoms with E-state index in [-0.39, 0.29) is 29.0 Å². The van der Waals surface area contributed by atoms with E-state index in [9.17, 15) is 4.39 Å². The van der Waals surface area contributed by atoms with E-state index in [2.05, 4.69) is 10.3 Å². The van der Waals surface area contributed by atoms with Gasteiger partial charge in [0.1, 0.15) is 17.2 Å². The first-order valence-electron chi connectivity index (χ1n) is 5.64. The van der Waals surface area contributed by atoms with E-state index in [0.717, 1.165) is 16.5 Å². The molecule has 2 nitrogen and oxygen atoms in total. The van der Waals surface area contributed by atoms with Crippen LogP contribution in [0, 0.1) is 5.82 Å². The Labute approximate surface area is 143 Å². The zero-order chi connectivity index (χ0) is 13.7. The maximum atomic E-state index is 13.1. The van der Waals surface area contributed by atoms with Crippen LogP contribution in [0.1, 0.15) is 0 Å². The molecule has 0 saturated heterocycles. The fraction of sp³-hybridized carbons (Fsp3) is 0.0714. The van der Waals surface area contributed by atoms with Crippen molar-refractivity contribution < 1.29 is 33.4 Å². The van der Waals surface area contributed by atoms with Crippen LogP contribution in [0.2, 0.25) is 5.02 Å². The molecule has 0 saturated carbocycles. The molecule has 0 unspecified atom stereocenters. The topological polar surface area (TPSA) is 26.0 Å². The zero-order valence-electron chi connectivity index (χ0n) is 10.7. The first kappa shape index (κ1) is 17.3. The highest BCUT2D eigenvalue weighted by Gasteiger charge is 2.09. The lowest BCUT2D eigenvalue weighted by Gasteiger charge is -2.01. The fourth-order valence-corrected chi connectivity index (χ4v) is 2.11. The van der Waals surface area contributed by atoms with Crippen LogP contribution in [0.25, 0.3) is 0 Å². The Morgan fingerprint density at radius 3 is 2.50 bits per heavy atom. The molecular formula is C14H13ClFIN2S. The lowest BCUT2D eigenvalue weighted by molar-refractivity contribution is -0.349. The molecule has 106 valence electrons. The summed E-state index contributed by atoms with van der Waals surface area (Å²) in [6.45, 7) is 0. The molecule has 0 fully saturated rings. The molecule has 0 aliphatic rings. The van der Waals surface area contributed by atoms with Crippen molar-refractivity contribution in [3.8, 4) is 0 Å². The van der Waals surface area contributed by atoms with Gasteiger partial charge in [-0.25, -0.2) is 14.7 Å². The van der Waals surface area contributed by atoms with Gasteiger partial charge in [-0.2, -0.15) is 0 Å². The van der Waals surface area contributed by atoms with Gasteiger partial charge in [0.15, 0.2) is 0 Å². The standard InChI is InChI=1S/C14H12ClFN2S.HI/c1-19-14(17-10-5-3-2-4-6-10)18-11-7-8-13(16)12(15)9-11;/h2-9H,1H3,(H,17,18);1H. The first-order chi connectivity index (χ1) is 9.19. The Hall–Kier alpha value is -0.790. The van der Waals surface area contributed by atoms with Crippen LogP contribution in [-0.4, -0.2) is 11.4 Å². The highest BCUT2D eigenvalue weighted by atomic mass is 127. The van der Waals surface area contributed by atoms with Crippen LogP contribution >= 0.6 is 23.4 Å². The monoisotopic (exact) mass is 422 g/mol. The summed E-state index contributed by atoms with van der Waals surface area (Å²) >= 11 is 7.28. The number of rotatable bonds is 2. The fourth-order valence-electron chi connectivity index (χ4n) is 1.49. The van der Waals surface area contributed by atoms with Gasteiger partial charge in [-0.1, -0.05) is 29.8 Å². The number of thioether (sulfide) groups is 1. The summed E-state index contributed by atoms with van der Waals surface area (Å²) in [5.41, 5.74) is 1.71. The van der Waals surface area contributed by atoms with E-state index in [1.165, 1.54) is 17.8 Å². The Morgan fingerprint density at radius 2 is 1.90 bits per heavy atom. The van der Waals surface area contributed by atoms with E-state index < -0.39 is 5.82 Å². The van der Waals surface area contributed by atoms with E-state index in [4.69, 9.17) is 11.6 Å². The molecule has 0 aliphatic heterocycles. The molecule has 0 atom stereocenters. The smallest absolute Gasteiger partial charge is 0.313 e. The molecule has 0 aromatic heterocycles. The second-order valence-electron chi connectivity index (χ2n) is 3.78. The second kappa shape index (κ2) is 8.49. The van der Waals surface area contributed by atoms with Gasteiger partial charge in [0.2, 0.25) is 0 Å².